The highest BCUT2D eigenvalue weighted by Gasteiger charge is 2.31. The first-order chi connectivity index (χ1) is 18.0. The lowest BCUT2D eigenvalue weighted by Crippen LogP contribution is -2.56. The number of hydrogen-bond acceptors (Lipinski definition) is 8. The lowest BCUT2D eigenvalue weighted by atomic mass is 10.0. The van der Waals surface area contributed by atoms with Gasteiger partial charge in [0.2, 0.25) is 11.8 Å². The molecule has 3 saturated heterocycles. The van der Waals surface area contributed by atoms with Gasteiger partial charge in [0.05, 0.1) is 30.5 Å². The van der Waals surface area contributed by atoms with Crippen molar-refractivity contribution in [1.82, 2.24) is 29.7 Å². The molecule has 3 aliphatic rings. The Morgan fingerprint density at radius 1 is 1.16 bits per heavy atom. The third-order valence-corrected chi connectivity index (χ3v) is 7.52. The highest BCUT2D eigenvalue weighted by Crippen LogP contribution is 2.33. The van der Waals surface area contributed by atoms with Crippen LogP contribution >= 0.6 is 0 Å². The summed E-state index contributed by atoms with van der Waals surface area (Å²) >= 11 is 0. The number of nitrogens with zero attached hydrogens (tertiary/aromatic N) is 6. The fourth-order valence-corrected chi connectivity index (χ4v) is 5.11. The van der Waals surface area contributed by atoms with E-state index in [0.717, 1.165) is 61.7 Å². The van der Waals surface area contributed by atoms with E-state index < -0.39 is 12.7 Å². The van der Waals surface area contributed by atoms with Crippen LogP contribution in [0.15, 0.2) is 30.7 Å². The van der Waals surface area contributed by atoms with Crippen LogP contribution in [-0.2, 0) is 9.53 Å². The molecule has 3 fully saturated rings. The molecular formula is C25H29F2N7O3. The van der Waals surface area contributed by atoms with Gasteiger partial charge in [0.25, 0.3) is 0 Å². The third kappa shape index (κ3) is 4.71. The van der Waals surface area contributed by atoms with Crippen LogP contribution in [0.1, 0.15) is 19.9 Å². The largest absolute Gasteiger partial charge is 0.473 e. The van der Waals surface area contributed by atoms with E-state index in [1.165, 1.54) is 0 Å². The molecule has 0 spiro atoms. The molecule has 196 valence electrons. The van der Waals surface area contributed by atoms with Gasteiger partial charge in [-0.15, -0.1) is 0 Å². The number of imidazole rings is 1. The minimum Gasteiger partial charge on any atom is -0.473 e. The summed E-state index contributed by atoms with van der Waals surface area (Å²) < 4.78 is 39.6. The summed E-state index contributed by atoms with van der Waals surface area (Å²) in [4.78, 5) is 29.8. The zero-order valence-electron chi connectivity index (χ0n) is 20.5. The van der Waals surface area contributed by atoms with E-state index in [9.17, 15) is 13.6 Å². The third-order valence-electron chi connectivity index (χ3n) is 7.52. The average Bonchev–Trinajstić information content (AvgIpc) is 3.50. The molecule has 0 aromatic carbocycles. The SMILES string of the molecule is C[C@@H](Oc1nc(-c2ccc(N3CCN(C4COC4)CC3)nc2)cc2ncn(C(F)F)c12)C1CNC(=O)C1. The fourth-order valence-electron chi connectivity index (χ4n) is 5.11. The summed E-state index contributed by atoms with van der Waals surface area (Å²) in [6.45, 7) is 4.89. The van der Waals surface area contributed by atoms with Crippen LogP contribution in [0.5, 0.6) is 5.88 Å². The quantitative estimate of drug-likeness (QED) is 0.514. The normalized spacial score (nSPS) is 21.9. The number of anilines is 1. The van der Waals surface area contributed by atoms with Gasteiger partial charge in [-0.05, 0) is 25.1 Å². The summed E-state index contributed by atoms with van der Waals surface area (Å²) in [7, 11) is 0. The number of fused-ring (bicyclic) bond motifs is 1. The van der Waals surface area contributed by atoms with Gasteiger partial charge in [-0.25, -0.2) is 15.0 Å². The number of piperazine rings is 1. The van der Waals surface area contributed by atoms with Gasteiger partial charge in [-0.3, -0.25) is 14.3 Å². The number of carbonyl (C=O) groups is 1. The van der Waals surface area contributed by atoms with Crippen molar-refractivity contribution in [2.75, 3.05) is 50.8 Å². The van der Waals surface area contributed by atoms with Gasteiger partial charge in [0, 0.05) is 56.8 Å². The van der Waals surface area contributed by atoms with Gasteiger partial charge in [-0.2, -0.15) is 8.78 Å². The molecule has 0 bridgehead atoms. The molecule has 1 unspecified atom stereocenters. The van der Waals surface area contributed by atoms with E-state index in [1.807, 2.05) is 19.1 Å². The monoisotopic (exact) mass is 513 g/mol. The number of amides is 1. The number of hydrogen-bond donors (Lipinski definition) is 1. The van der Waals surface area contributed by atoms with Crippen molar-refractivity contribution in [3.63, 3.8) is 0 Å². The van der Waals surface area contributed by atoms with Crippen LogP contribution in [0.25, 0.3) is 22.3 Å². The Labute approximate surface area is 212 Å². The predicted molar refractivity (Wildman–Crippen MR) is 132 cm³/mol. The number of rotatable bonds is 7. The van der Waals surface area contributed by atoms with E-state index in [2.05, 4.69) is 30.1 Å². The summed E-state index contributed by atoms with van der Waals surface area (Å²) in [5.41, 5.74) is 1.75. The first-order valence-electron chi connectivity index (χ1n) is 12.6. The van der Waals surface area contributed by atoms with Crippen LogP contribution in [0.3, 0.4) is 0 Å². The summed E-state index contributed by atoms with van der Waals surface area (Å²) in [6.07, 6.45) is 2.76. The molecule has 3 aliphatic heterocycles. The maximum Gasteiger partial charge on any atom is 0.320 e. The number of nitrogens with one attached hydrogen (secondary N) is 1. The Hall–Kier alpha value is -3.38. The summed E-state index contributed by atoms with van der Waals surface area (Å²) in [5, 5.41) is 2.78. The van der Waals surface area contributed by atoms with Crippen LogP contribution in [0.4, 0.5) is 14.6 Å². The maximum absolute atomic E-state index is 13.7. The highest BCUT2D eigenvalue weighted by atomic mass is 19.3. The van der Waals surface area contributed by atoms with Crippen LogP contribution in [0.2, 0.25) is 0 Å². The molecule has 0 radical (unpaired) electrons. The number of ether oxygens (including phenoxy) is 2. The topological polar surface area (TPSA) is 97.6 Å². The van der Waals surface area contributed by atoms with E-state index in [4.69, 9.17) is 9.47 Å². The number of halogens is 2. The van der Waals surface area contributed by atoms with Crippen molar-refractivity contribution >= 4 is 22.8 Å². The molecule has 1 amide bonds. The van der Waals surface area contributed by atoms with Crippen molar-refractivity contribution in [2.24, 2.45) is 5.92 Å². The van der Waals surface area contributed by atoms with Crippen molar-refractivity contribution < 1.29 is 23.0 Å². The smallest absolute Gasteiger partial charge is 0.320 e. The highest BCUT2D eigenvalue weighted by molar-refractivity contribution is 5.84. The first kappa shape index (κ1) is 24.0. The maximum atomic E-state index is 13.7. The lowest BCUT2D eigenvalue weighted by molar-refractivity contribution is -0.119. The van der Waals surface area contributed by atoms with Crippen molar-refractivity contribution in [1.29, 1.82) is 0 Å². The fraction of sp³-hybridized carbons (Fsp3) is 0.520. The van der Waals surface area contributed by atoms with Gasteiger partial charge >= 0.3 is 6.55 Å². The van der Waals surface area contributed by atoms with E-state index in [-0.39, 0.29) is 23.2 Å². The van der Waals surface area contributed by atoms with Crippen molar-refractivity contribution in [3.05, 3.63) is 30.7 Å². The number of carbonyl (C=O) groups excluding carboxylic acids is 1. The minimum atomic E-state index is -2.79. The molecule has 37 heavy (non-hydrogen) atoms. The molecule has 1 N–H and O–H groups in total. The predicted octanol–water partition coefficient (Wildman–Crippen LogP) is 2.31. The van der Waals surface area contributed by atoms with E-state index >= 15 is 0 Å². The Morgan fingerprint density at radius 3 is 2.59 bits per heavy atom. The molecule has 10 nitrogen and oxygen atoms in total. The first-order valence-corrected chi connectivity index (χ1v) is 12.6. The van der Waals surface area contributed by atoms with Gasteiger partial charge in [-0.1, -0.05) is 0 Å². The molecule has 3 aromatic rings. The standard InChI is InChI=1S/C25H29F2N7O3/c1-15(17-8-22(35)29-11-17)37-24-23-20(30-14-34(23)25(26)27)9-19(31-24)16-2-3-21(28-10-16)33-6-4-32(5-7-33)18-12-36-13-18/h2-3,9-10,14-15,17-18,25H,4-8,11-13H2,1H3,(H,29,35)/t15-,17?/m1/s1. The van der Waals surface area contributed by atoms with Crippen LogP contribution in [0, 0.1) is 5.92 Å². The second-order valence-electron chi connectivity index (χ2n) is 9.82. The lowest BCUT2D eigenvalue weighted by Gasteiger charge is -2.42. The summed E-state index contributed by atoms with van der Waals surface area (Å²) in [5.74, 6) is 0.834. The molecule has 3 aromatic heterocycles. The second-order valence-corrected chi connectivity index (χ2v) is 9.82. The Balaban J connectivity index is 1.24. The number of aromatic nitrogens is 4. The summed E-state index contributed by atoms with van der Waals surface area (Å²) in [6, 6.07) is 6.10. The molecule has 12 heteroatoms. The molecule has 6 rings (SSSR count). The molecule has 0 aliphatic carbocycles. The van der Waals surface area contributed by atoms with E-state index in [1.54, 1.807) is 12.3 Å². The zero-order valence-corrected chi connectivity index (χ0v) is 20.5. The molecule has 2 atom stereocenters. The van der Waals surface area contributed by atoms with E-state index in [0.29, 0.717) is 30.2 Å². The van der Waals surface area contributed by atoms with Crippen LogP contribution in [-0.4, -0.2) is 88.4 Å². The zero-order chi connectivity index (χ0) is 25.5. The minimum absolute atomic E-state index is 0.0467. The Bertz CT molecular complexity index is 1270. The van der Waals surface area contributed by atoms with Crippen LogP contribution < -0.4 is 15.0 Å². The number of alkyl halides is 2. The van der Waals surface area contributed by atoms with Gasteiger partial charge in [0.15, 0.2) is 0 Å². The molecule has 6 heterocycles. The Morgan fingerprint density at radius 2 is 1.97 bits per heavy atom. The molecular weight excluding hydrogens is 484 g/mol. The van der Waals surface area contributed by atoms with Crippen molar-refractivity contribution in [3.8, 4) is 17.1 Å². The Kier molecular flexibility index (Phi) is 6.37. The van der Waals surface area contributed by atoms with Crippen molar-refractivity contribution in [2.45, 2.75) is 32.0 Å². The van der Waals surface area contributed by atoms with Gasteiger partial charge in [0.1, 0.15) is 23.8 Å². The second kappa shape index (κ2) is 9.82. The molecule has 0 saturated carbocycles. The average molecular weight is 514 g/mol. The van der Waals surface area contributed by atoms with Gasteiger partial charge < -0.3 is 19.7 Å². The number of pyridine rings is 2.